The molecule has 1 heterocycles. The number of para-hydroxylation sites is 1. The molecule has 0 aromatic heterocycles. The van der Waals surface area contributed by atoms with E-state index >= 15 is 0 Å². The summed E-state index contributed by atoms with van der Waals surface area (Å²) < 4.78 is 63.7. The van der Waals surface area contributed by atoms with Crippen LogP contribution in [0.4, 0.5) is 18.9 Å². The van der Waals surface area contributed by atoms with Gasteiger partial charge in [0.15, 0.2) is 57.4 Å². The maximum Gasteiger partial charge on any atom is 0.446 e. The number of carbonyl (C=O) groups excluding carboxylic acids is 1. The molecule has 24 nitrogen and oxygen atoms in total. The van der Waals surface area contributed by atoms with E-state index in [2.05, 4.69) is 73.1 Å². The Morgan fingerprint density at radius 1 is 0.631 bits per heavy atom. The first-order valence-corrected chi connectivity index (χ1v) is 26.4. The summed E-state index contributed by atoms with van der Waals surface area (Å²) in [6.07, 6.45) is -5.70. The van der Waals surface area contributed by atoms with Crippen molar-refractivity contribution < 1.29 is 56.3 Å². The van der Waals surface area contributed by atoms with Crippen molar-refractivity contribution in [1.29, 1.82) is 0 Å². The predicted molar refractivity (Wildman–Crippen MR) is 324 cm³/mol. The van der Waals surface area contributed by atoms with Gasteiger partial charge in [0.1, 0.15) is 43.5 Å². The monoisotopic (exact) mass is 1190 g/mol. The Labute approximate surface area is 488 Å². The topological polar surface area (TPSA) is 311 Å². The lowest BCUT2D eigenvalue weighted by Crippen LogP contribution is -2.37. The van der Waals surface area contributed by atoms with Gasteiger partial charge in [-0.1, -0.05) is 24.3 Å². The molecule has 4 aromatic rings. The summed E-state index contributed by atoms with van der Waals surface area (Å²) in [5.74, 6) is 3.10. The maximum atomic E-state index is 13.0. The molecule has 0 saturated carbocycles. The normalized spacial score (nSPS) is 11.8. The number of carboxylic acids is 1. The Bertz CT molecular complexity index is 3360. The van der Waals surface area contributed by atoms with Gasteiger partial charge in [-0.05, 0) is 66.3 Å². The van der Waals surface area contributed by atoms with E-state index in [1.807, 2.05) is 30.3 Å². The Hall–Kier alpha value is -9.73. The summed E-state index contributed by atoms with van der Waals surface area (Å²) in [7, 11) is 13.8. The number of alkyl halides is 3. The second-order valence-corrected chi connectivity index (χ2v) is 17.7. The van der Waals surface area contributed by atoms with Crippen LogP contribution < -0.4 is 77.5 Å². The number of hydrogen-bond acceptors (Lipinski definition) is 14. The molecule has 0 spiro atoms. The molecule has 450 valence electrons. The largest absolute Gasteiger partial charge is 0.508 e. The molecule has 6 rings (SSSR count). The number of thiocarbonyl (C=S) groups is 1. The van der Waals surface area contributed by atoms with E-state index in [1.165, 1.54) is 30.3 Å². The molecule has 12 N–H and O–H groups in total. The molecular weight excluding hydrogens is 1120 g/mol. The van der Waals surface area contributed by atoms with Crippen LogP contribution >= 0.6 is 12.2 Å². The number of carboxylic acid groups (broad SMARTS) is 1. The van der Waals surface area contributed by atoms with Crippen molar-refractivity contribution >= 4 is 70.1 Å². The number of phenols is 1. The van der Waals surface area contributed by atoms with Crippen molar-refractivity contribution in [2.24, 2.45) is 20.0 Å². The Balaban J connectivity index is 0.00000204. The zero-order valence-electron chi connectivity index (χ0n) is 47.5. The highest BCUT2D eigenvalue weighted by Crippen LogP contribution is 2.47. The van der Waals surface area contributed by atoms with Gasteiger partial charge in [-0.3, -0.25) is 29.6 Å². The number of benzene rings is 5. The molecule has 0 radical (unpaired) electrons. The number of ether oxygens (including phenoxy) is 4. The smallest absolute Gasteiger partial charge is 0.446 e. The van der Waals surface area contributed by atoms with Crippen molar-refractivity contribution in [2.45, 2.75) is 12.7 Å². The second kappa shape index (κ2) is 32.6. The molecule has 84 heavy (non-hydrogen) atoms. The van der Waals surface area contributed by atoms with E-state index in [0.29, 0.717) is 117 Å². The first-order valence-electron chi connectivity index (χ1n) is 26.0. The minimum atomic E-state index is -4.64. The fraction of sp³-hybridized carbons (Fsp3) is 0.321. The number of guanidine groups is 4. The average Bonchev–Trinajstić information content (AvgIpc) is 1.51. The van der Waals surface area contributed by atoms with Crippen LogP contribution in [-0.4, -0.2) is 167 Å². The lowest BCUT2D eigenvalue weighted by atomic mass is 9.90. The van der Waals surface area contributed by atoms with Gasteiger partial charge in [0.2, 0.25) is 6.29 Å². The van der Waals surface area contributed by atoms with Crippen LogP contribution in [0, 0.1) is 0 Å². The third-order valence-corrected chi connectivity index (χ3v) is 12.2. The number of halogens is 3. The number of nitrogens with zero attached hydrogens (tertiary/aromatic N) is 4. The second-order valence-electron chi connectivity index (χ2n) is 17.3. The summed E-state index contributed by atoms with van der Waals surface area (Å²) >= 11 is 5.85. The lowest BCUT2D eigenvalue weighted by molar-refractivity contribution is -0.156. The standard InChI is InChI=1S/C54H68N14O9S.C2HF3O/c1-55-50(56-2)63-20-24-73-42-11-9-10-37(47(42)75-26-22-65-52(59-5)60-6)38-16-12-32(46(74-25-21-64-51(57-3)58-4)48(38)76-27-23-66-53(61-7)62-8)31-67-54(78)68-33-13-17-36(41(28-33)49(71)72)45-39-18-14-34(69)29-43(39)77-44-30-35(70)15-19-40(44)45;3-2(4,5)1-6/h9-19,28-30,69H,20-27,31H2,1-8H3,(H,71,72)(H2,55,56,63)(H2,57,58,64)(H2,59,60,65)(H2,61,62,66)(H2,67,68,78);1H. The SMILES string of the molecule is CN=C(NC)NCCOc1cccc(-c2ccc(CNC(=S)Nc3ccc(-c4c5ccc(=O)cc-5oc5cc(O)ccc45)c(C(=O)O)c3)c(OCCNC(=NC)NC)c2OCCNC(=NC)NC)c1OCCNC(=NC)NC.O=CC(F)(F)F. The van der Waals surface area contributed by atoms with E-state index in [4.69, 9.17) is 40.4 Å². The van der Waals surface area contributed by atoms with Crippen molar-refractivity contribution in [2.75, 3.05) is 114 Å². The molecule has 1 aliphatic heterocycles. The number of anilines is 1. The maximum absolute atomic E-state index is 13.0. The number of hydrogen-bond donors (Lipinski definition) is 12. The average molecular weight is 1190 g/mol. The molecule has 0 fully saturated rings. The van der Waals surface area contributed by atoms with Crippen LogP contribution in [0.2, 0.25) is 0 Å². The first-order chi connectivity index (χ1) is 40.5. The Morgan fingerprint density at radius 3 is 1.68 bits per heavy atom. The van der Waals surface area contributed by atoms with Crippen molar-refractivity contribution in [3.63, 3.8) is 0 Å². The van der Waals surface area contributed by atoms with Gasteiger partial charge < -0.3 is 86.7 Å². The number of fused-ring (bicyclic) bond motifs is 2. The summed E-state index contributed by atoms with van der Waals surface area (Å²) in [6, 6.07) is 23.2. The van der Waals surface area contributed by atoms with E-state index in [9.17, 15) is 33.0 Å². The third-order valence-electron chi connectivity index (χ3n) is 11.9. The zero-order valence-corrected chi connectivity index (χ0v) is 48.3. The number of carbonyl (C=O) groups is 2. The van der Waals surface area contributed by atoms with Crippen molar-refractivity contribution in [3.05, 3.63) is 106 Å². The Kier molecular flexibility index (Phi) is 25.3. The molecule has 0 atom stereocenters. The molecule has 0 unspecified atom stereocenters. The first kappa shape index (κ1) is 65.1. The summed E-state index contributed by atoms with van der Waals surface area (Å²) in [5, 5.41) is 53.1. The van der Waals surface area contributed by atoms with E-state index in [1.54, 1.807) is 80.6 Å². The summed E-state index contributed by atoms with van der Waals surface area (Å²) in [6.45, 7) is 2.58. The highest BCUT2D eigenvalue weighted by Gasteiger charge is 2.26. The van der Waals surface area contributed by atoms with Crippen LogP contribution in [-0.2, 0) is 11.3 Å². The lowest BCUT2D eigenvalue weighted by Gasteiger charge is -2.23. The number of aldehydes is 1. The van der Waals surface area contributed by atoms with Gasteiger partial charge in [-0.15, -0.1) is 0 Å². The zero-order chi connectivity index (χ0) is 61.2. The summed E-state index contributed by atoms with van der Waals surface area (Å²) in [4.78, 5) is 51.0. The fourth-order valence-corrected chi connectivity index (χ4v) is 8.37. The van der Waals surface area contributed by atoms with E-state index in [-0.39, 0.29) is 66.2 Å². The number of nitrogens with one attached hydrogen (secondary N) is 10. The van der Waals surface area contributed by atoms with Gasteiger partial charge in [0.25, 0.3) is 0 Å². The van der Waals surface area contributed by atoms with Gasteiger partial charge in [-0.2, -0.15) is 13.2 Å². The summed E-state index contributed by atoms with van der Waals surface area (Å²) in [5.41, 5.74) is 3.67. The molecule has 1 aliphatic carbocycles. The van der Waals surface area contributed by atoms with Crippen LogP contribution in [0.3, 0.4) is 0 Å². The van der Waals surface area contributed by atoms with Gasteiger partial charge in [-0.25, -0.2) is 4.79 Å². The minimum Gasteiger partial charge on any atom is -0.508 e. The molecule has 0 saturated heterocycles. The molecular formula is C56H69F3N14O10S. The van der Waals surface area contributed by atoms with Crippen LogP contribution in [0.1, 0.15) is 15.9 Å². The van der Waals surface area contributed by atoms with E-state index < -0.39 is 18.4 Å². The van der Waals surface area contributed by atoms with Crippen LogP contribution in [0.25, 0.3) is 44.5 Å². The molecule has 2 aliphatic rings. The molecule has 0 amide bonds. The highest BCUT2D eigenvalue weighted by molar-refractivity contribution is 7.80. The fourth-order valence-electron chi connectivity index (χ4n) is 8.18. The van der Waals surface area contributed by atoms with Crippen LogP contribution in [0.5, 0.6) is 28.7 Å². The van der Waals surface area contributed by atoms with Crippen molar-refractivity contribution in [1.82, 2.24) is 47.9 Å². The molecule has 28 heteroatoms. The number of aliphatic imine (C=N–C) groups is 4. The highest BCUT2D eigenvalue weighted by atomic mass is 32.1. The Morgan fingerprint density at radius 2 is 1.14 bits per heavy atom. The molecule has 4 aromatic carbocycles. The predicted octanol–water partition coefficient (Wildman–Crippen LogP) is 4.56. The number of rotatable bonds is 22. The van der Waals surface area contributed by atoms with Gasteiger partial charge in [0.05, 0.1) is 31.7 Å². The molecule has 0 bridgehead atoms. The van der Waals surface area contributed by atoms with Gasteiger partial charge in [0, 0.05) is 114 Å². The number of aromatic carboxylic acids is 1. The van der Waals surface area contributed by atoms with Gasteiger partial charge >= 0.3 is 12.1 Å². The van der Waals surface area contributed by atoms with E-state index in [0.717, 1.165) is 0 Å². The number of phenolic OH excluding ortho intramolecular Hbond substituents is 1. The number of aromatic hydroxyl groups is 1. The quantitative estimate of drug-likeness (QED) is 0.0111. The van der Waals surface area contributed by atoms with Crippen LogP contribution in [0.15, 0.2) is 114 Å². The third kappa shape index (κ3) is 18.7. The van der Waals surface area contributed by atoms with Crippen molar-refractivity contribution in [3.8, 4) is 62.3 Å². The minimum absolute atomic E-state index is 0.0502.